The molecule has 0 fully saturated rings. The molecule has 0 saturated heterocycles. The molecular formula is C8H8F6IN. The predicted molar refractivity (Wildman–Crippen MR) is 56.9 cm³/mol. The largest absolute Gasteiger partial charge is 0.417 e. The van der Waals surface area contributed by atoms with Crippen LogP contribution in [0.15, 0.2) is 24.3 Å². The van der Waals surface area contributed by atoms with Crippen LogP contribution in [0.5, 0.6) is 0 Å². The van der Waals surface area contributed by atoms with E-state index in [0.29, 0.717) is 12.1 Å². The van der Waals surface area contributed by atoms with Crippen molar-refractivity contribution in [1.82, 2.24) is 6.15 Å². The highest BCUT2D eigenvalue weighted by Crippen LogP contribution is 2.39. The summed E-state index contributed by atoms with van der Waals surface area (Å²) in [5, 5.41) is 0. The molecule has 1 aromatic carbocycles. The zero-order valence-electron chi connectivity index (χ0n) is 7.69. The lowest BCUT2D eigenvalue weighted by molar-refractivity contribution is -0.162. The smallest absolute Gasteiger partial charge is 0.344 e. The van der Waals surface area contributed by atoms with E-state index in [-0.39, 0.29) is 30.1 Å². The first kappa shape index (κ1) is 17.9. The summed E-state index contributed by atoms with van der Waals surface area (Å²) in [6.07, 6.45) is -9.96. The van der Waals surface area contributed by atoms with Crippen molar-refractivity contribution < 1.29 is 26.3 Å². The minimum Gasteiger partial charge on any atom is -0.344 e. The fourth-order valence-electron chi connectivity index (χ4n) is 0.978. The van der Waals surface area contributed by atoms with Crippen LogP contribution in [0.2, 0.25) is 0 Å². The number of hydrogen-bond acceptors (Lipinski definition) is 1. The van der Waals surface area contributed by atoms with Crippen LogP contribution in [0.4, 0.5) is 26.3 Å². The van der Waals surface area contributed by atoms with Crippen molar-refractivity contribution in [2.75, 3.05) is 0 Å². The van der Waals surface area contributed by atoms with Gasteiger partial charge in [0.15, 0.2) is 0 Å². The van der Waals surface area contributed by atoms with Gasteiger partial charge in [-0.3, -0.25) is 0 Å². The van der Waals surface area contributed by atoms with E-state index in [1.165, 1.54) is 0 Å². The Balaban J connectivity index is 0. The Bertz CT molecular complexity index is 299. The van der Waals surface area contributed by atoms with Gasteiger partial charge in [-0.05, 0) is 12.1 Å². The highest BCUT2D eigenvalue weighted by molar-refractivity contribution is 14.0. The number of hydrogen-bond donors (Lipinski definition) is 1. The number of rotatable bonds is 0. The van der Waals surface area contributed by atoms with Gasteiger partial charge in [-0.2, -0.15) is 26.3 Å². The van der Waals surface area contributed by atoms with E-state index >= 15 is 0 Å². The van der Waals surface area contributed by atoms with Crippen molar-refractivity contribution in [3.8, 4) is 0 Å². The molecule has 0 saturated carbocycles. The molecule has 0 aromatic heterocycles. The standard InChI is InChI=1S/C8H4F6.HI.H3N/c9-7(10,11)5-3-1-2-4-6(5)8(12,13)14;;/h1-4H;1H;1H3. The van der Waals surface area contributed by atoms with Gasteiger partial charge in [0.1, 0.15) is 0 Å². The molecule has 0 atom stereocenters. The average molecular weight is 359 g/mol. The van der Waals surface area contributed by atoms with Crippen molar-refractivity contribution >= 4 is 24.0 Å². The van der Waals surface area contributed by atoms with Crippen LogP contribution in [0.3, 0.4) is 0 Å². The van der Waals surface area contributed by atoms with Gasteiger partial charge in [0.25, 0.3) is 0 Å². The SMILES string of the molecule is FC(F)(F)c1ccccc1C(F)(F)F.I.N. The molecule has 94 valence electrons. The Morgan fingerprint density at radius 2 is 0.938 bits per heavy atom. The summed E-state index contributed by atoms with van der Waals surface area (Å²) in [4.78, 5) is 0. The predicted octanol–water partition coefficient (Wildman–Crippen LogP) is 4.50. The van der Waals surface area contributed by atoms with Crippen molar-refractivity contribution in [1.29, 1.82) is 0 Å². The molecule has 0 radical (unpaired) electrons. The lowest BCUT2D eigenvalue weighted by Crippen LogP contribution is -2.15. The third kappa shape index (κ3) is 4.16. The van der Waals surface area contributed by atoms with E-state index in [2.05, 4.69) is 0 Å². The molecule has 16 heavy (non-hydrogen) atoms. The van der Waals surface area contributed by atoms with Crippen molar-refractivity contribution in [2.24, 2.45) is 0 Å². The van der Waals surface area contributed by atoms with Crippen LogP contribution < -0.4 is 6.15 Å². The molecule has 3 N–H and O–H groups in total. The van der Waals surface area contributed by atoms with Gasteiger partial charge in [0.2, 0.25) is 0 Å². The molecule has 0 aliphatic rings. The maximum atomic E-state index is 12.1. The summed E-state index contributed by atoms with van der Waals surface area (Å²) >= 11 is 0. The van der Waals surface area contributed by atoms with Gasteiger partial charge in [0, 0.05) is 0 Å². The first-order chi connectivity index (χ1) is 6.23. The molecule has 1 rings (SSSR count). The summed E-state index contributed by atoms with van der Waals surface area (Å²) in [5.41, 5.74) is -3.32. The lowest BCUT2D eigenvalue weighted by atomic mass is 10.1. The Morgan fingerprint density at radius 3 is 1.12 bits per heavy atom. The third-order valence-electron chi connectivity index (χ3n) is 1.54. The first-order valence-electron chi connectivity index (χ1n) is 3.46. The van der Waals surface area contributed by atoms with Crippen molar-refractivity contribution in [2.45, 2.75) is 12.4 Å². The minimum absolute atomic E-state index is 0. The van der Waals surface area contributed by atoms with E-state index in [4.69, 9.17) is 0 Å². The summed E-state index contributed by atoms with van der Waals surface area (Å²) in [6.45, 7) is 0. The average Bonchev–Trinajstić information content (AvgIpc) is 2.01. The second-order valence-corrected chi connectivity index (χ2v) is 2.54. The van der Waals surface area contributed by atoms with Gasteiger partial charge in [0.05, 0.1) is 11.1 Å². The lowest BCUT2D eigenvalue weighted by Gasteiger charge is -2.14. The fourth-order valence-corrected chi connectivity index (χ4v) is 0.978. The van der Waals surface area contributed by atoms with Crippen LogP contribution >= 0.6 is 24.0 Å². The second-order valence-electron chi connectivity index (χ2n) is 2.54. The molecule has 1 nitrogen and oxygen atoms in total. The molecule has 0 unspecified atom stereocenters. The van der Waals surface area contributed by atoms with Gasteiger partial charge in [-0.25, -0.2) is 0 Å². The molecule has 0 spiro atoms. The monoisotopic (exact) mass is 359 g/mol. The quantitative estimate of drug-likeness (QED) is 0.537. The van der Waals surface area contributed by atoms with Crippen LogP contribution in [-0.2, 0) is 12.4 Å². The third-order valence-corrected chi connectivity index (χ3v) is 1.54. The van der Waals surface area contributed by atoms with Crippen molar-refractivity contribution in [3.05, 3.63) is 35.4 Å². The van der Waals surface area contributed by atoms with E-state index < -0.39 is 23.5 Å². The molecular weight excluding hydrogens is 351 g/mol. The molecule has 0 aliphatic heterocycles. The number of benzene rings is 1. The Morgan fingerprint density at radius 1 is 0.688 bits per heavy atom. The molecule has 0 bridgehead atoms. The molecule has 8 heteroatoms. The maximum absolute atomic E-state index is 12.1. The molecule has 0 aliphatic carbocycles. The minimum atomic E-state index is -4.98. The van der Waals surface area contributed by atoms with Crippen LogP contribution in [-0.4, -0.2) is 0 Å². The Labute approximate surface area is 104 Å². The topological polar surface area (TPSA) is 35.0 Å². The van der Waals surface area contributed by atoms with Crippen molar-refractivity contribution in [3.63, 3.8) is 0 Å². The highest BCUT2D eigenvalue weighted by atomic mass is 127. The molecule has 0 heterocycles. The number of alkyl halides is 6. The Hall–Kier alpha value is -0.510. The first-order valence-corrected chi connectivity index (χ1v) is 3.46. The van der Waals surface area contributed by atoms with E-state index in [9.17, 15) is 26.3 Å². The van der Waals surface area contributed by atoms with Crippen LogP contribution in [0.1, 0.15) is 11.1 Å². The van der Waals surface area contributed by atoms with E-state index in [0.717, 1.165) is 12.1 Å². The van der Waals surface area contributed by atoms with Gasteiger partial charge in [-0.1, -0.05) is 12.1 Å². The molecule has 0 amide bonds. The zero-order valence-corrected chi connectivity index (χ0v) is 10.0. The van der Waals surface area contributed by atoms with Crippen LogP contribution in [0.25, 0.3) is 0 Å². The second kappa shape index (κ2) is 5.71. The zero-order chi connectivity index (χ0) is 11.0. The molecule has 1 aromatic rings. The fraction of sp³-hybridized carbons (Fsp3) is 0.250. The normalized spacial score (nSPS) is 11.4. The summed E-state index contributed by atoms with van der Waals surface area (Å²) in [7, 11) is 0. The highest BCUT2D eigenvalue weighted by Gasteiger charge is 2.42. The van der Waals surface area contributed by atoms with E-state index in [1.807, 2.05) is 0 Å². The van der Waals surface area contributed by atoms with Gasteiger partial charge < -0.3 is 6.15 Å². The van der Waals surface area contributed by atoms with Crippen LogP contribution in [0, 0.1) is 0 Å². The Kier molecular flexibility index (Phi) is 6.38. The number of halogens is 7. The van der Waals surface area contributed by atoms with Gasteiger partial charge in [-0.15, -0.1) is 24.0 Å². The van der Waals surface area contributed by atoms with Gasteiger partial charge >= 0.3 is 12.4 Å². The maximum Gasteiger partial charge on any atom is 0.417 e. The summed E-state index contributed by atoms with van der Waals surface area (Å²) in [6, 6.07) is 2.64. The summed E-state index contributed by atoms with van der Waals surface area (Å²) in [5.74, 6) is 0. The summed E-state index contributed by atoms with van der Waals surface area (Å²) < 4.78 is 72.5. The van der Waals surface area contributed by atoms with E-state index in [1.54, 1.807) is 0 Å².